The van der Waals surface area contributed by atoms with Crippen LogP contribution in [-0.2, 0) is 13.6 Å². The molecular formula is C11H21N2+. The van der Waals surface area contributed by atoms with E-state index in [1.807, 2.05) is 0 Å². The fraction of sp³-hybridized carbons (Fsp3) is 0.636. The van der Waals surface area contributed by atoms with Gasteiger partial charge in [0.2, 0.25) is 0 Å². The van der Waals surface area contributed by atoms with Crippen molar-refractivity contribution in [2.45, 2.75) is 32.7 Å². The lowest BCUT2D eigenvalue weighted by Crippen LogP contribution is -2.82. The van der Waals surface area contributed by atoms with Gasteiger partial charge in [0.15, 0.2) is 0 Å². The molecule has 1 heterocycles. The fourth-order valence-electron chi connectivity index (χ4n) is 1.50. The highest BCUT2D eigenvalue weighted by molar-refractivity contribution is 5.04. The van der Waals surface area contributed by atoms with E-state index < -0.39 is 0 Å². The molecule has 2 nitrogen and oxygen atoms in total. The number of aromatic nitrogens is 1. The van der Waals surface area contributed by atoms with Gasteiger partial charge in [0.25, 0.3) is 0 Å². The molecule has 0 radical (unpaired) electrons. The molecular weight excluding hydrogens is 160 g/mol. The molecule has 0 aliphatic rings. The molecule has 0 aromatic carbocycles. The minimum atomic E-state index is 1.12. The highest BCUT2D eigenvalue weighted by Crippen LogP contribution is 1.96. The van der Waals surface area contributed by atoms with E-state index in [0.717, 1.165) is 6.54 Å². The second-order valence-corrected chi connectivity index (χ2v) is 3.60. The summed E-state index contributed by atoms with van der Waals surface area (Å²) in [4.78, 5) is 0. The summed E-state index contributed by atoms with van der Waals surface area (Å²) in [5.41, 5.74) is 1.41. The summed E-state index contributed by atoms with van der Waals surface area (Å²) in [5.74, 6) is 0. The third kappa shape index (κ3) is 3.64. The van der Waals surface area contributed by atoms with Crippen molar-refractivity contribution in [2.75, 3.05) is 6.54 Å². The van der Waals surface area contributed by atoms with Gasteiger partial charge in [-0.3, -0.25) is 0 Å². The van der Waals surface area contributed by atoms with Crippen molar-refractivity contribution in [3.8, 4) is 0 Å². The van der Waals surface area contributed by atoms with Crippen LogP contribution in [0.2, 0.25) is 0 Å². The Morgan fingerprint density at radius 3 is 2.85 bits per heavy atom. The van der Waals surface area contributed by atoms with Crippen molar-refractivity contribution in [3.05, 3.63) is 24.0 Å². The first-order valence-corrected chi connectivity index (χ1v) is 5.26. The van der Waals surface area contributed by atoms with Gasteiger partial charge in [0, 0.05) is 13.2 Å². The molecule has 0 bridgehead atoms. The lowest BCUT2D eigenvalue weighted by atomic mass is 10.2. The normalized spacial score (nSPS) is 10.6. The lowest BCUT2D eigenvalue weighted by Gasteiger charge is -2.02. The predicted octanol–water partition coefficient (Wildman–Crippen LogP) is 1.28. The zero-order valence-electron chi connectivity index (χ0n) is 8.79. The molecule has 0 unspecified atom stereocenters. The summed E-state index contributed by atoms with van der Waals surface area (Å²) in [6.07, 6.45) is 6.14. The number of hydrogen-bond acceptors (Lipinski definition) is 0. The molecule has 0 saturated carbocycles. The third-order valence-electron chi connectivity index (χ3n) is 2.42. The van der Waals surface area contributed by atoms with E-state index in [0.29, 0.717) is 0 Å². The average molecular weight is 181 g/mol. The smallest absolute Gasteiger partial charge is 0.116 e. The van der Waals surface area contributed by atoms with Crippen LogP contribution in [0.1, 0.15) is 31.9 Å². The largest absolute Gasteiger partial charge is 0.350 e. The molecule has 0 fully saturated rings. The second kappa shape index (κ2) is 5.81. The van der Waals surface area contributed by atoms with E-state index in [9.17, 15) is 0 Å². The van der Waals surface area contributed by atoms with Gasteiger partial charge in [0.1, 0.15) is 6.54 Å². The van der Waals surface area contributed by atoms with Gasteiger partial charge in [-0.25, -0.2) is 0 Å². The zero-order chi connectivity index (χ0) is 9.52. The van der Waals surface area contributed by atoms with Crippen LogP contribution in [-0.4, -0.2) is 11.1 Å². The molecule has 0 amide bonds. The first-order chi connectivity index (χ1) is 6.34. The molecule has 2 N–H and O–H groups in total. The van der Waals surface area contributed by atoms with Crippen molar-refractivity contribution < 1.29 is 5.32 Å². The molecule has 1 rings (SSSR count). The Kier molecular flexibility index (Phi) is 4.61. The highest BCUT2D eigenvalue weighted by atomic mass is 15.0. The van der Waals surface area contributed by atoms with E-state index in [-0.39, 0.29) is 0 Å². The Labute approximate surface area is 81.0 Å². The maximum atomic E-state index is 2.39. The van der Waals surface area contributed by atoms with Crippen molar-refractivity contribution in [1.82, 2.24) is 4.57 Å². The average Bonchev–Trinajstić information content (AvgIpc) is 2.52. The van der Waals surface area contributed by atoms with Crippen molar-refractivity contribution in [2.24, 2.45) is 7.05 Å². The summed E-state index contributed by atoms with van der Waals surface area (Å²) >= 11 is 0. The third-order valence-corrected chi connectivity index (χ3v) is 2.42. The minimum Gasteiger partial charge on any atom is -0.350 e. The molecule has 0 aliphatic carbocycles. The van der Waals surface area contributed by atoms with Crippen molar-refractivity contribution in [1.29, 1.82) is 0 Å². The Morgan fingerprint density at radius 2 is 2.23 bits per heavy atom. The molecule has 0 saturated heterocycles. The summed E-state index contributed by atoms with van der Waals surface area (Å²) in [6.45, 7) is 4.63. The number of aryl methyl sites for hydroxylation is 1. The predicted molar refractivity (Wildman–Crippen MR) is 55.4 cm³/mol. The minimum absolute atomic E-state index is 1.12. The van der Waals surface area contributed by atoms with Crippen LogP contribution >= 0.6 is 0 Å². The monoisotopic (exact) mass is 181 g/mol. The maximum Gasteiger partial charge on any atom is 0.116 e. The first-order valence-electron chi connectivity index (χ1n) is 5.26. The Hall–Kier alpha value is -0.760. The summed E-state index contributed by atoms with van der Waals surface area (Å²) < 4.78 is 2.19. The van der Waals surface area contributed by atoms with Crippen LogP contribution in [0.25, 0.3) is 0 Å². The Balaban J connectivity index is 2.10. The number of nitrogens with two attached hydrogens (primary N) is 1. The van der Waals surface area contributed by atoms with Gasteiger partial charge in [-0.15, -0.1) is 0 Å². The number of nitrogens with zero attached hydrogens (tertiary/aromatic N) is 1. The second-order valence-electron chi connectivity index (χ2n) is 3.60. The molecule has 1 aromatic heterocycles. The molecule has 0 spiro atoms. The standard InChI is InChI=1S/C11H20N2/c1-3-4-5-8-12-10-11-7-6-9-13(11)2/h6-7,9,12H,3-5,8,10H2,1-2H3/p+1. The zero-order valence-corrected chi connectivity index (χ0v) is 8.79. The van der Waals surface area contributed by atoms with E-state index in [1.165, 1.54) is 31.5 Å². The van der Waals surface area contributed by atoms with Crippen LogP contribution < -0.4 is 5.32 Å². The molecule has 2 heteroatoms. The van der Waals surface area contributed by atoms with Crippen molar-refractivity contribution in [3.63, 3.8) is 0 Å². The molecule has 74 valence electrons. The van der Waals surface area contributed by atoms with Gasteiger partial charge in [-0.2, -0.15) is 0 Å². The number of hydrogen-bond donors (Lipinski definition) is 1. The fourth-order valence-corrected chi connectivity index (χ4v) is 1.50. The molecule has 1 aromatic rings. The van der Waals surface area contributed by atoms with Gasteiger partial charge in [-0.1, -0.05) is 13.3 Å². The quantitative estimate of drug-likeness (QED) is 0.639. The number of unbranched alkanes of at least 4 members (excludes halogenated alkanes) is 2. The van der Waals surface area contributed by atoms with Crippen LogP contribution in [0.4, 0.5) is 0 Å². The maximum absolute atomic E-state index is 2.39. The number of quaternary nitrogens is 1. The summed E-state index contributed by atoms with van der Waals surface area (Å²) in [5, 5.41) is 2.39. The van der Waals surface area contributed by atoms with Gasteiger partial charge in [0.05, 0.1) is 12.2 Å². The molecule has 0 atom stereocenters. The molecule has 0 aliphatic heterocycles. The van der Waals surface area contributed by atoms with Crippen molar-refractivity contribution >= 4 is 0 Å². The van der Waals surface area contributed by atoms with Crippen LogP contribution in [0.3, 0.4) is 0 Å². The number of rotatable bonds is 6. The summed E-state index contributed by atoms with van der Waals surface area (Å²) in [7, 11) is 2.11. The summed E-state index contributed by atoms with van der Waals surface area (Å²) in [6, 6.07) is 4.30. The highest BCUT2D eigenvalue weighted by Gasteiger charge is 1.97. The van der Waals surface area contributed by atoms with E-state index in [4.69, 9.17) is 0 Å². The van der Waals surface area contributed by atoms with Gasteiger partial charge >= 0.3 is 0 Å². The van der Waals surface area contributed by atoms with Crippen LogP contribution in [0.15, 0.2) is 18.3 Å². The Bertz CT molecular complexity index is 228. The first kappa shape index (κ1) is 10.3. The van der Waals surface area contributed by atoms with E-state index in [2.05, 4.69) is 42.2 Å². The Morgan fingerprint density at radius 1 is 1.38 bits per heavy atom. The topological polar surface area (TPSA) is 21.5 Å². The molecule has 13 heavy (non-hydrogen) atoms. The van der Waals surface area contributed by atoms with E-state index >= 15 is 0 Å². The SMILES string of the molecule is CCCCC[NH2+]Cc1cccn1C. The van der Waals surface area contributed by atoms with E-state index in [1.54, 1.807) is 0 Å². The lowest BCUT2D eigenvalue weighted by molar-refractivity contribution is -0.671. The van der Waals surface area contributed by atoms with Crippen LogP contribution in [0.5, 0.6) is 0 Å². The van der Waals surface area contributed by atoms with Gasteiger partial charge < -0.3 is 9.88 Å². The van der Waals surface area contributed by atoms with Gasteiger partial charge in [-0.05, 0) is 25.0 Å². The van der Waals surface area contributed by atoms with Crippen LogP contribution in [0, 0.1) is 0 Å².